The summed E-state index contributed by atoms with van der Waals surface area (Å²) in [5.74, 6) is 0.0772. The first-order valence-corrected chi connectivity index (χ1v) is 8.36. The van der Waals surface area contributed by atoms with Crippen molar-refractivity contribution >= 4 is 29.7 Å². The summed E-state index contributed by atoms with van der Waals surface area (Å²) in [6, 6.07) is 3.94. The normalized spacial score (nSPS) is 18.5. The lowest BCUT2D eigenvalue weighted by Crippen LogP contribution is -2.48. The van der Waals surface area contributed by atoms with E-state index in [0.29, 0.717) is 6.54 Å². The molecule has 1 aromatic heterocycles. The molecular formula is C15H26ClN3O2S. The molecule has 7 heteroatoms. The quantitative estimate of drug-likeness (QED) is 0.821. The third-order valence-electron chi connectivity index (χ3n) is 3.85. The Morgan fingerprint density at radius 2 is 2.14 bits per heavy atom. The van der Waals surface area contributed by atoms with Gasteiger partial charge in [-0.1, -0.05) is 19.9 Å². The van der Waals surface area contributed by atoms with Gasteiger partial charge in [0, 0.05) is 24.5 Å². The van der Waals surface area contributed by atoms with E-state index in [-0.39, 0.29) is 30.3 Å². The van der Waals surface area contributed by atoms with Crippen LogP contribution >= 0.6 is 23.7 Å². The van der Waals surface area contributed by atoms with E-state index < -0.39 is 6.04 Å². The van der Waals surface area contributed by atoms with E-state index in [4.69, 9.17) is 10.5 Å². The van der Waals surface area contributed by atoms with Crippen LogP contribution in [0.2, 0.25) is 0 Å². The van der Waals surface area contributed by atoms with Crippen LogP contribution in [0.1, 0.15) is 24.8 Å². The van der Waals surface area contributed by atoms with Crippen LogP contribution in [-0.2, 0) is 9.53 Å². The number of amides is 1. The molecule has 2 heterocycles. The largest absolute Gasteiger partial charge is 0.379 e. The number of morpholine rings is 1. The first-order chi connectivity index (χ1) is 10.1. The maximum Gasteiger partial charge on any atom is 0.237 e. The molecule has 2 atom stereocenters. The highest BCUT2D eigenvalue weighted by molar-refractivity contribution is 7.10. The topological polar surface area (TPSA) is 67.6 Å². The molecule has 1 fully saturated rings. The van der Waals surface area contributed by atoms with Crippen LogP contribution in [0.5, 0.6) is 0 Å². The Hall–Kier alpha value is -0.660. The maximum absolute atomic E-state index is 12.1. The van der Waals surface area contributed by atoms with Crippen molar-refractivity contribution < 1.29 is 9.53 Å². The number of hydrogen-bond acceptors (Lipinski definition) is 5. The summed E-state index contributed by atoms with van der Waals surface area (Å²) in [5, 5.41) is 5.08. The number of nitrogens with one attached hydrogen (secondary N) is 1. The van der Waals surface area contributed by atoms with Crippen molar-refractivity contribution in [2.24, 2.45) is 11.7 Å². The van der Waals surface area contributed by atoms with Crippen molar-refractivity contribution in [2.75, 3.05) is 32.8 Å². The molecule has 3 N–H and O–H groups in total. The fourth-order valence-electron chi connectivity index (χ4n) is 2.40. The van der Waals surface area contributed by atoms with E-state index in [9.17, 15) is 4.79 Å². The first-order valence-electron chi connectivity index (χ1n) is 7.48. The number of nitrogens with two attached hydrogens (primary N) is 1. The molecule has 0 aromatic carbocycles. The molecule has 2 rings (SSSR count). The van der Waals surface area contributed by atoms with Crippen LogP contribution in [-0.4, -0.2) is 49.7 Å². The minimum Gasteiger partial charge on any atom is -0.379 e. The number of carbonyl (C=O) groups excluding carboxylic acids is 1. The van der Waals surface area contributed by atoms with E-state index in [2.05, 4.69) is 27.7 Å². The molecule has 0 aliphatic carbocycles. The molecule has 22 heavy (non-hydrogen) atoms. The highest BCUT2D eigenvalue weighted by atomic mass is 35.5. The Balaban J connectivity index is 0.00000242. The summed E-state index contributed by atoms with van der Waals surface area (Å²) in [4.78, 5) is 15.7. The number of ether oxygens (including phenoxy) is 1. The van der Waals surface area contributed by atoms with E-state index in [1.807, 2.05) is 13.8 Å². The molecule has 1 amide bonds. The summed E-state index contributed by atoms with van der Waals surface area (Å²) < 4.78 is 5.42. The van der Waals surface area contributed by atoms with Gasteiger partial charge in [0.2, 0.25) is 5.91 Å². The monoisotopic (exact) mass is 347 g/mol. The lowest BCUT2D eigenvalue weighted by Gasteiger charge is -2.34. The SMILES string of the molecule is CC(C)[C@H](N)C(=O)NCC(c1cccs1)N1CCOCC1.Cl. The summed E-state index contributed by atoms with van der Waals surface area (Å²) in [5.41, 5.74) is 5.90. The Kier molecular flexibility index (Phi) is 8.35. The van der Waals surface area contributed by atoms with Crippen LogP contribution in [0.25, 0.3) is 0 Å². The van der Waals surface area contributed by atoms with Gasteiger partial charge in [-0.2, -0.15) is 0 Å². The Labute approximate surface area is 142 Å². The second kappa shape index (κ2) is 9.47. The third-order valence-corrected chi connectivity index (χ3v) is 4.82. The van der Waals surface area contributed by atoms with Gasteiger partial charge in [-0.05, 0) is 17.4 Å². The second-order valence-corrected chi connectivity index (χ2v) is 6.67. The van der Waals surface area contributed by atoms with Gasteiger partial charge in [-0.25, -0.2) is 0 Å². The van der Waals surface area contributed by atoms with Crippen molar-refractivity contribution in [3.8, 4) is 0 Å². The van der Waals surface area contributed by atoms with Gasteiger partial charge in [0.15, 0.2) is 0 Å². The molecule has 0 saturated carbocycles. The van der Waals surface area contributed by atoms with E-state index in [1.165, 1.54) is 4.88 Å². The minimum atomic E-state index is -0.446. The van der Waals surface area contributed by atoms with E-state index >= 15 is 0 Å². The summed E-state index contributed by atoms with van der Waals surface area (Å²) in [6.07, 6.45) is 0. The van der Waals surface area contributed by atoms with Crippen molar-refractivity contribution in [1.29, 1.82) is 0 Å². The van der Waals surface area contributed by atoms with E-state index in [0.717, 1.165) is 26.3 Å². The maximum atomic E-state index is 12.1. The lowest BCUT2D eigenvalue weighted by atomic mass is 10.0. The van der Waals surface area contributed by atoms with Crippen LogP contribution in [0.4, 0.5) is 0 Å². The molecular weight excluding hydrogens is 322 g/mol. The number of nitrogens with zero attached hydrogens (tertiary/aromatic N) is 1. The van der Waals surface area contributed by atoms with E-state index in [1.54, 1.807) is 11.3 Å². The number of halogens is 1. The molecule has 0 radical (unpaired) electrons. The molecule has 126 valence electrons. The summed E-state index contributed by atoms with van der Waals surface area (Å²) >= 11 is 1.73. The Bertz CT molecular complexity index is 436. The van der Waals surface area contributed by atoms with Crippen molar-refractivity contribution in [3.05, 3.63) is 22.4 Å². The summed E-state index contributed by atoms with van der Waals surface area (Å²) in [6.45, 7) is 7.82. The van der Waals surface area contributed by atoms with Crippen LogP contribution in [0.3, 0.4) is 0 Å². The van der Waals surface area contributed by atoms with Gasteiger partial charge >= 0.3 is 0 Å². The van der Waals surface area contributed by atoms with Crippen molar-refractivity contribution in [2.45, 2.75) is 25.9 Å². The average Bonchev–Trinajstić information content (AvgIpc) is 3.01. The summed E-state index contributed by atoms with van der Waals surface area (Å²) in [7, 11) is 0. The van der Waals surface area contributed by atoms with Crippen LogP contribution in [0.15, 0.2) is 17.5 Å². The predicted octanol–water partition coefficient (Wildman–Crippen LogP) is 1.64. The fraction of sp³-hybridized carbons (Fsp3) is 0.667. The minimum absolute atomic E-state index is 0. The van der Waals surface area contributed by atoms with Gasteiger partial charge in [0.05, 0.1) is 25.3 Å². The zero-order chi connectivity index (χ0) is 15.2. The number of carbonyl (C=O) groups is 1. The number of thiophene rings is 1. The molecule has 0 bridgehead atoms. The lowest BCUT2D eigenvalue weighted by molar-refractivity contribution is -0.123. The third kappa shape index (κ3) is 5.21. The smallest absolute Gasteiger partial charge is 0.237 e. The van der Waals surface area contributed by atoms with Gasteiger partial charge in [0.25, 0.3) is 0 Å². The van der Waals surface area contributed by atoms with Gasteiger partial charge in [0.1, 0.15) is 0 Å². The van der Waals surface area contributed by atoms with Gasteiger partial charge in [-0.3, -0.25) is 9.69 Å². The fourth-order valence-corrected chi connectivity index (χ4v) is 3.26. The molecule has 1 aromatic rings. The van der Waals surface area contributed by atoms with Crippen molar-refractivity contribution in [3.63, 3.8) is 0 Å². The number of rotatable bonds is 6. The van der Waals surface area contributed by atoms with Crippen molar-refractivity contribution in [1.82, 2.24) is 10.2 Å². The molecule has 1 aliphatic rings. The molecule has 1 saturated heterocycles. The van der Waals surface area contributed by atoms with Crippen LogP contribution < -0.4 is 11.1 Å². The molecule has 0 spiro atoms. The highest BCUT2D eigenvalue weighted by Crippen LogP contribution is 2.25. The second-order valence-electron chi connectivity index (χ2n) is 5.69. The molecule has 1 unspecified atom stereocenters. The number of hydrogen-bond donors (Lipinski definition) is 2. The van der Waals surface area contributed by atoms with Gasteiger partial charge in [-0.15, -0.1) is 23.7 Å². The zero-order valence-corrected chi connectivity index (χ0v) is 14.8. The molecule has 1 aliphatic heterocycles. The Morgan fingerprint density at radius 3 is 2.68 bits per heavy atom. The van der Waals surface area contributed by atoms with Crippen LogP contribution in [0, 0.1) is 5.92 Å². The zero-order valence-electron chi connectivity index (χ0n) is 13.2. The standard InChI is InChI=1S/C15H25N3O2S.ClH/c1-11(2)14(16)15(19)17-10-12(13-4-3-9-21-13)18-5-7-20-8-6-18;/h3-4,9,11-12,14H,5-8,10,16H2,1-2H3,(H,17,19);1H/t12?,14-;/m0./s1. The first kappa shape index (κ1) is 19.4. The molecule has 5 nitrogen and oxygen atoms in total. The average molecular weight is 348 g/mol. The Morgan fingerprint density at radius 1 is 1.45 bits per heavy atom. The predicted molar refractivity (Wildman–Crippen MR) is 92.5 cm³/mol. The highest BCUT2D eigenvalue weighted by Gasteiger charge is 2.25. The van der Waals surface area contributed by atoms with Gasteiger partial charge < -0.3 is 15.8 Å².